The highest BCUT2D eigenvalue weighted by atomic mass is 16.5. The molecule has 1 fully saturated rings. The van der Waals surface area contributed by atoms with Gasteiger partial charge in [0.05, 0.1) is 0 Å². The smallest absolute Gasteiger partial charge is 0.251 e. The van der Waals surface area contributed by atoms with E-state index in [0.29, 0.717) is 18.7 Å². The molecule has 0 atom stereocenters. The Hall–Kier alpha value is -2.47. The first-order valence-electron chi connectivity index (χ1n) is 9.22. The van der Waals surface area contributed by atoms with Crippen molar-refractivity contribution < 1.29 is 9.53 Å². The number of benzene rings is 1. The fourth-order valence-corrected chi connectivity index (χ4v) is 3.06. The molecule has 1 saturated heterocycles. The van der Waals surface area contributed by atoms with Crippen LogP contribution in [-0.4, -0.2) is 49.2 Å². The number of piperidine rings is 1. The Morgan fingerprint density at radius 2 is 1.77 bits per heavy atom. The van der Waals surface area contributed by atoms with Crippen LogP contribution in [0.3, 0.4) is 0 Å². The number of methoxy groups -OCH3 is 1. The summed E-state index contributed by atoms with van der Waals surface area (Å²) in [6.45, 7) is 3.33. The summed E-state index contributed by atoms with van der Waals surface area (Å²) in [6, 6.07) is 7.53. The molecule has 0 aliphatic carbocycles. The van der Waals surface area contributed by atoms with Crippen LogP contribution in [0.4, 0.5) is 5.95 Å². The van der Waals surface area contributed by atoms with Gasteiger partial charge in [0.25, 0.3) is 5.91 Å². The number of carbonyl (C=O) groups is 1. The number of nitrogens with zero attached hydrogens (tertiary/aromatic N) is 3. The predicted molar refractivity (Wildman–Crippen MR) is 102 cm³/mol. The summed E-state index contributed by atoms with van der Waals surface area (Å²) in [5.74, 6) is 0.741. The van der Waals surface area contributed by atoms with Gasteiger partial charge in [-0.05, 0) is 43.4 Å². The maximum Gasteiger partial charge on any atom is 0.251 e. The number of aromatic nitrogens is 2. The van der Waals surface area contributed by atoms with Crippen molar-refractivity contribution in [3.8, 4) is 11.1 Å². The maximum absolute atomic E-state index is 12.1. The quantitative estimate of drug-likeness (QED) is 0.775. The molecule has 1 aromatic heterocycles. The Bertz CT molecular complexity index is 695. The molecule has 1 aliphatic heterocycles. The summed E-state index contributed by atoms with van der Waals surface area (Å²) >= 11 is 0. The van der Waals surface area contributed by atoms with Crippen LogP contribution in [0.1, 0.15) is 36.0 Å². The van der Waals surface area contributed by atoms with E-state index in [4.69, 9.17) is 4.74 Å². The fourth-order valence-electron chi connectivity index (χ4n) is 3.06. The standard InChI is InChI=1S/C20H26N4O2/c1-26-13-5-10-21-19(25)17-8-6-16(7-9-17)18-14-22-20(23-15-18)24-11-3-2-4-12-24/h6-9,14-15H,2-5,10-13H2,1H3,(H,21,25). The van der Waals surface area contributed by atoms with Crippen LogP contribution in [0.5, 0.6) is 0 Å². The third-order valence-corrected chi connectivity index (χ3v) is 4.57. The molecule has 0 bridgehead atoms. The Labute approximate surface area is 154 Å². The predicted octanol–water partition coefficient (Wildman–Crippen LogP) is 2.90. The summed E-state index contributed by atoms with van der Waals surface area (Å²) in [7, 11) is 1.66. The first-order valence-corrected chi connectivity index (χ1v) is 9.22. The lowest BCUT2D eigenvalue weighted by Crippen LogP contribution is -2.30. The number of hydrogen-bond donors (Lipinski definition) is 1. The van der Waals surface area contributed by atoms with Crippen molar-refractivity contribution in [2.75, 3.05) is 38.3 Å². The second-order valence-electron chi connectivity index (χ2n) is 6.50. The summed E-state index contributed by atoms with van der Waals surface area (Å²) in [4.78, 5) is 23.4. The highest BCUT2D eigenvalue weighted by Gasteiger charge is 2.13. The normalized spacial score (nSPS) is 14.3. The largest absolute Gasteiger partial charge is 0.385 e. The molecule has 6 heteroatoms. The molecule has 2 heterocycles. The van der Waals surface area contributed by atoms with E-state index in [1.54, 1.807) is 7.11 Å². The monoisotopic (exact) mass is 354 g/mol. The summed E-state index contributed by atoms with van der Waals surface area (Å²) in [6.07, 6.45) is 8.23. The molecule has 1 N–H and O–H groups in total. The highest BCUT2D eigenvalue weighted by Crippen LogP contribution is 2.21. The zero-order valence-electron chi connectivity index (χ0n) is 15.3. The molecule has 2 aromatic rings. The third-order valence-electron chi connectivity index (χ3n) is 4.57. The van der Waals surface area contributed by atoms with Crippen LogP contribution in [0, 0.1) is 0 Å². The molecule has 0 radical (unpaired) electrons. The molecule has 26 heavy (non-hydrogen) atoms. The Morgan fingerprint density at radius 3 is 2.42 bits per heavy atom. The minimum atomic E-state index is -0.0654. The van der Waals surface area contributed by atoms with Crippen molar-refractivity contribution >= 4 is 11.9 Å². The highest BCUT2D eigenvalue weighted by molar-refractivity contribution is 5.94. The van der Waals surface area contributed by atoms with Crippen molar-refractivity contribution in [1.29, 1.82) is 0 Å². The lowest BCUT2D eigenvalue weighted by molar-refractivity contribution is 0.0948. The first kappa shape index (κ1) is 18.3. The van der Waals surface area contributed by atoms with Gasteiger partial charge in [0, 0.05) is 56.9 Å². The number of hydrogen-bond acceptors (Lipinski definition) is 5. The molecule has 0 spiro atoms. The number of amides is 1. The van der Waals surface area contributed by atoms with Crippen molar-refractivity contribution in [2.45, 2.75) is 25.7 Å². The third kappa shape index (κ3) is 4.79. The summed E-state index contributed by atoms with van der Waals surface area (Å²) < 4.78 is 4.97. The number of anilines is 1. The van der Waals surface area contributed by atoms with Gasteiger partial charge in [0.1, 0.15) is 0 Å². The summed E-state index contributed by atoms with van der Waals surface area (Å²) in [5.41, 5.74) is 2.61. The van der Waals surface area contributed by atoms with Gasteiger partial charge >= 0.3 is 0 Å². The van der Waals surface area contributed by atoms with Gasteiger partial charge < -0.3 is 15.0 Å². The number of ether oxygens (including phenoxy) is 1. The molecule has 1 amide bonds. The Morgan fingerprint density at radius 1 is 1.08 bits per heavy atom. The van der Waals surface area contributed by atoms with Gasteiger partial charge in [0.2, 0.25) is 5.95 Å². The molecule has 3 rings (SSSR count). The minimum Gasteiger partial charge on any atom is -0.385 e. The molecular weight excluding hydrogens is 328 g/mol. The van der Waals surface area contributed by atoms with Gasteiger partial charge in [-0.15, -0.1) is 0 Å². The van der Waals surface area contributed by atoms with Crippen molar-refractivity contribution in [3.63, 3.8) is 0 Å². The van der Waals surface area contributed by atoms with E-state index in [-0.39, 0.29) is 5.91 Å². The Kier molecular flexibility index (Phi) is 6.55. The van der Waals surface area contributed by atoms with Gasteiger partial charge in [0.15, 0.2) is 0 Å². The topological polar surface area (TPSA) is 67.3 Å². The van der Waals surface area contributed by atoms with E-state index >= 15 is 0 Å². The second-order valence-corrected chi connectivity index (χ2v) is 6.50. The molecule has 0 saturated carbocycles. The molecule has 6 nitrogen and oxygen atoms in total. The van der Waals surface area contributed by atoms with E-state index in [1.807, 2.05) is 36.7 Å². The molecule has 138 valence electrons. The number of rotatable bonds is 7. The Balaban J connectivity index is 1.60. The zero-order chi connectivity index (χ0) is 18.2. The van der Waals surface area contributed by atoms with Crippen LogP contribution in [-0.2, 0) is 4.74 Å². The SMILES string of the molecule is COCCCNC(=O)c1ccc(-c2cnc(N3CCCCC3)nc2)cc1. The van der Waals surface area contributed by atoms with Gasteiger partial charge in [-0.25, -0.2) is 9.97 Å². The summed E-state index contributed by atoms with van der Waals surface area (Å²) in [5, 5.41) is 2.89. The van der Waals surface area contributed by atoms with E-state index in [9.17, 15) is 4.79 Å². The molecular formula is C20H26N4O2. The average molecular weight is 354 g/mol. The zero-order valence-corrected chi connectivity index (χ0v) is 15.3. The van der Waals surface area contributed by atoms with Gasteiger partial charge in [-0.1, -0.05) is 12.1 Å². The van der Waals surface area contributed by atoms with Crippen molar-refractivity contribution in [3.05, 3.63) is 42.2 Å². The van der Waals surface area contributed by atoms with Crippen LogP contribution >= 0.6 is 0 Å². The van der Waals surface area contributed by atoms with Crippen molar-refractivity contribution in [2.24, 2.45) is 0 Å². The fraction of sp³-hybridized carbons (Fsp3) is 0.450. The van der Waals surface area contributed by atoms with Gasteiger partial charge in [-0.2, -0.15) is 0 Å². The lowest BCUT2D eigenvalue weighted by Gasteiger charge is -2.26. The first-order chi connectivity index (χ1) is 12.8. The molecule has 1 aromatic carbocycles. The maximum atomic E-state index is 12.1. The van der Waals surface area contributed by atoms with Crippen LogP contribution in [0.2, 0.25) is 0 Å². The van der Waals surface area contributed by atoms with Gasteiger partial charge in [-0.3, -0.25) is 4.79 Å². The number of carbonyl (C=O) groups excluding carboxylic acids is 1. The van der Waals surface area contributed by atoms with Crippen LogP contribution in [0.25, 0.3) is 11.1 Å². The average Bonchev–Trinajstić information content (AvgIpc) is 2.72. The molecule has 1 aliphatic rings. The minimum absolute atomic E-state index is 0.0654. The van der Waals surface area contributed by atoms with Crippen LogP contribution < -0.4 is 10.2 Å². The number of nitrogens with one attached hydrogen (secondary N) is 1. The van der Waals surface area contributed by atoms with E-state index in [0.717, 1.165) is 36.6 Å². The lowest BCUT2D eigenvalue weighted by atomic mass is 10.1. The second kappa shape index (κ2) is 9.29. The van der Waals surface area contributed by atoms with E-state index in [2.05, 4.69) is 20.2 Å². The van der Waals surface area contributed by atoms with E-state index < -0.39 is 0 Å². The van der Waals surface area contributed by atoms with Crippen LogP contribution in [0.15, 0.2) is 36.7 Å². The van der Waals surface area contributed by atoms with E-state index in [1.165, 1.54) is 19.3 Å². The molecule has 0 unspecified atom stereocenters. The van der Waals surface area contributed by atoms with Crippen molar-refractivity contribution in [1.82, 2.24) is 15.3 Å².